The van der Waals surface area contributed by atoms with Gasteiger partial charge in [0.05, 0.1) is 11.3 Å². The molecule has 5 nitrogen and oxygen atoms in total. The standard InChI is InChI=1S/C22H22F4N2O3/c23-17-6-7-18(16-5-8-19(29)27-20(16)17)31-13-21(30)9-11-28(12-10-21)15-3-1-14(2-4-15)22(24,25)26/h1-4,6-7,30H,5,8-13H2,(H,27,29). The Morgan fingerprint density at radius 1 is 1.06 bits per heavy atom. The van der Waals surface area contributed by atoms with Gasteiger partial charge in [-0.3, -0.25) is 4.79 Å². The van der Waals surface area contributed by atoms with Crippen molar-refractivity contribution in [1.29, 1.82) is 0 Å². The Labute approximate surface area is 176 Å². The van der Waals surface area contributed by atoms with Crippen LogP contribution < -0.4 is 15.0 Å². The van der Waals surface area contributed by atoms with Crippen LogP contribution in [0.4, 0.5) is 28.9 Å². The van der Waals surface area contributed by atoms with Gasteiger partial charge in [0.1, 0.15) is 23.8 Å². The van der Waals surface area contributed by atoms with E-state index in [1.54, 1.807) is 0 Å². The summed E-state index contributed by atoms with van der Waals surface area (Å²) in [7, 11) is 0. The van der Waals surface area contributed by atoms with E-state index in [-0.39, 0.29) is 24.6 Å². The molecule has 1 fully saturated rings. The summed E-state index contributed by atoms with van der Waals surface area (Å²) in [6.07, 6.45) is -3.05. The number of aliphatic hydroxyl groups is 1. The quantitative estimate of drug-likeness (QED) is 0.705. The van der Waals surface area contributed by atoms with Crippen LogP contribution in [0.1, 0.15) is 30.4 Å². The number of amides is 1. The minimum atomic E-state index is -4.37. The number of nitrogens with zero attached hydrogens (tertiary/aromatic N) is 1. The van der Waals surface area contributed by atoms with Gasteiger partial charge in [0.15, 0.2) is 0 Å². The van der Waals surface area contributed by atoms with E-state index < -0.39 is 23.2 Å². The molecule has 2 aromatic carbocycles. The first kappa shape index (κ1) is 21.4. The third-order valence-electron chi connectivity index (χ3n) is 5.84. The molecule has 0 aliphatic carbocycles. The molecule has 0 bridgehead atoms. The van der Waals surface area contributed by atoms with E-state index in [1.165, 1.54) is 24.3 Å². The fraction of sp³-hybridized carbons (Fsp3) is 0.409. The van der Waals surface area contributed by atoms with Crippen LogP contribution in [0, 0.1) is 5.82 Å². The number of hydrogen-bond acceptors (Lipinski definition) is 4. The molecule has 2 aliphatic rings. The van der Waals surface area contributed by atoms with E-state index in [2.05, 4.69) is 5.32 Å². The van der Waals surface area contributed by atoms with E-state index in [9.17, 15) is 27.5 Å². The molecule has 1 amide bonds. The predicted molar refractivity (Wildman–Crippen MR) is 107 cm³/mol. The molecule has 2 heterocycles. The van der Waals surface area contributed by atoms with Crippen LogP contribution in [-0.4, -0.2) is 36.3 Å². The number of nitrogens with one attached hydrogen (secondary N) is 1. The maximum atomic E-state index is 14.0. The Bertz CT molecular complexity index is 968. The lowest BCUT2D eigenvalue weighted by atomic mass is 9.92. The van der Waals surface area contributed by atoms with E-state index in [1.807, 2.05) is 4.90 Å². The Morgan fingerprint density at radius 3 is 2.39 bits per heavy atom. The van der Waals surface area contributed by atoms with Gasteiger partial charge in [0.2, 0.25) is 5.91 Å². The van der Waals surface area contributed by atoms with Crippen LogP contribution in [0.3, 0.4) is 0 Å². The lowest BCUT2D eigenvalue weighted by molar-refractivity contribution is -0.137. The Kier molecular flexibility index (Phi) is 5.55. The average molecular weight is 438 g/mol. The highest BCUT2D eigenvalue weighted by atomic mass is 19.4. The number of halogens is 4. The summed E-state index contributed by atoms with van der Waals surface area (Å²) in [5, 5.41) is 13.4. The van der Waals surface area contributed by atoms with Crippen LogP contribution >= 0.6 is 0 Å². The smallest absolute Gasteiger partial charge is 0.416 e. The fourth-order valence-corrected chi connectivity index (χ4v) is 3.96. The summed E-state index contributed by atoms with van der Waals surface area (Å²) in [6, 6.07) is 7.68. The van der Waals surface area contributed by atoms with Gasteiger partial charge >= 0.3 is 6.18 Å². The van der Waals surface area contributed by atoms with E-state index in [0.29, 0.717) is 49.4 Å². The van der Waals surface area contributed by atoms with Gasteiger partial charge in [0, 0.05) is 30.8 Å². The molecule has 0 spiro atoms. The number of piperidine rings is 1. The second-order valence-corrected chi connectivity index (χ2v) is 7.99. The van der Waals surface area contributed by atoms with Crippen molar-refractivity contribution >= 4 is 17.3 Å². The lowest BCUT2D eigenvalue weighted by Crippen LogP contribution is -2.48. The lowest BCUT2D eigenvalue weighted by Gasteiger charge is -2.39. The highest BCUT2D eigenvalue weighted by Crippen LogP contribution is 2.35. The molecule has 9 heteroatoms. The van der Waals surface area contributed by atoms with Crippen molar-refractivity contribution in [2.75, 3.05) is 29.9 Å². The highest BCUT2D eigenvalue weighted by molar-refractivity contribution is 5.94. The number of carbonyl (C=O) groups is 1. The second kappa shape index (κ2) is 8.03. The molecule has 31 heavy (non-hydrogen) atoms. The van der Waals surface area contributed by atoms with Gasteiger partial charge in [-0.05, 0) is 55.7 Å². The molecule has 0 atom stereocenters. The summed E-state index contributed by atoms with van der Waals surface area (Å²) in [5.74, 6) is -0.355. The van der Waals surface area contributed by atoms with Gasteiger partial charge in [-0.25, -0.2) is 4.39 Å². The predicted octanol–water partition coefficient (Wildman–Crippen LogP) is 4.14. The fourth-order valence-electron chi connectivity index (χ4n) is 3.96. The Morgan fingerprint density at radius 2 is 1.74 bits per heavy atom. The van der Waals surface area contributed by atoms with Crippen molar-refractivity contribution in [2.24, 2.45) is 0 Å². The van der Waals surface area contributed by atoms with Gasteiger partial charge in [0.25, 0.3) is 0 Å². The molecular weight excluding hydrogens is 416 g/mol. The van der Waals surface area contributed by atoms with E-state index in [4.69, 9.17) is 4.74 Å². The Balaban J connectivity index is 1.38. The normalized spacial score (nSPS) is 18.4. The van der Waals surface area contributed by atoms with Crippen LogP contribution in [0.5, 0.6) is 5.75 Å². The summed E-state index contributed by atoms with van der Waals surface area (Å²) < 4.78 is 58.0. The van der Waals surface area contributed by atoms with Crippen LogP contribution in [0.25, 0.3) is 0 Å². The minimum Gasteiger partial charge on any atom is -0.490 e. The maximum absolute atomic E-state index is 14.0. The number of ether oxygens (including phenoxy) is 1. The monoisotopic (exact) mass is 438 g/mol. The van der Waals surface area contributed by atoms with Gasteiger partial charge in [-0.15, -0.1) is 0 Å². The maximum Gasteiger partial charge on any atom is 0.416 e. The third kappa shape index (κ3) is 4.61. The first-order valence-corrected chi connectivity index (χ1v) is 10.0. The van der Waals surface area contributed by atoms with E-state index >= 15 is 0 Å². The zero-order valence-electron chi connectivity index (χ0n) is 16.6. The van der Waals surface area contributed by atoms with Crippen molar-refractivity contribution in [2.45, 2.75) is 37.5 Å². The number of fused-ring (bicyclic) bond motifs is 1. The topological polar surface area (TPSA) is 61.8 Å². The summed E-state index contributed by atoms with van der Waals surface area (Å²) >= 11 is 0. The SMILES string of the molecule is O=C1CCc2c(OCC3(O)CCN(c4ccc(C(F)(F)F)cc4)CC3)ccc(F)c2N1. The zero-order chi connectivity index (χ0) is 22.2. The molecule has 0 unspecified atom stereocenters. The largest absolute Gasteiger partial charge is 0.490 e. The number of benzene rings is 2. The first-order valence-electron chi connectivity index (χ1n) is 10.0. The third-order valence-corrected chi connectivity index (χ3v) is 5.84. The van der Waals surface area contributed by atoms with Crippen molar-refractivity contribution in [3.63, 3.8) is 0 Å². The Hall–Kier alpha value is -2.81. The zero-order valence-corrected chi connectivity index (χ0v) is 16.6. The molecule has 2 aromatic rings. The van der Waals surface area contributed by atoms with Crippen molar-refractivity contribution < 1.29 is 32.2 Å². The summed E-state index contributed by atoms with van der Waals surface area (Å²) in [4.78, 5) is 13.5. The van der Waals surface area contributed by atoms with E-state index in [0.717, 1.165) is 12.1 Å². The second-order valence-electron chi connectivity index (χ2n) is 7.99. The molecule has 0 aromatic heterocycles. The molecule has 0 saturated carbocycles. The number of alkyl halides is 3. The van der Waals surface area contributed by atoms with Gasteiger partial charge in [-0.2, -0.15) is 13.2 Å². The van der Waals surface area contributed by atoms with Crippen molar-refractivity contribution in [3.8, 4) is 5.75 Å². The van der Waals surface area contributed by atoms with Crippen molar-refractivity contribution in [1.82, 2.24) is 0 Å². The molecular formula is C22H22F4N2O3. The molecule has 0 radical (unpaired) electrons. The number of rotatable bonds is 4. The summed E-state index contributed by atoms with van der Waals surface area (Å²) in [6.45, 7) is 0.922. The summed E-state index contributed by atoms with van der Waals surface area (Å²) in [5.41, 5.74) is -0.443. The molecule has 1 saturated heterocycles. The molecule has 2 N–H and O–H groups in total. The number of carbonyl (C=O) groups excluding carboxylic acids is 1. The van der Waals surface area contributed by atoms with Crippen LogP contribution in [0.2, 0.25) is 0 Å². The van der Waals surface area contributed by atoms with Crippen molar-refractivity contribution in [3.05, 3.63) is 53.3 Å². The van der Waals surface area contributed by atoms with Crippen LogP contribution in [-0.2, 0) is 17.4 Å². The number of hydrogen-bond donors (Lipinski definition) is 2. The minimum absolute atomic E-state index is 0.000129. The molecule has 2 aliphatic heterocycles. The van der Waals surface area contributed by atoms with Gasteiger partial charge in [-0.1, -0.05) is 0 Å². The first-order chi connectivity index (χ1) is 14.6. The average Bonchev–Trinajstić information content (AvgIpc) is 2.74. The highest BCUT2D eigenvalue weighted by Gasteiger charge is 2.35. The molecule has 166 valence electrons. The number of anilines is 2. The molecule has 4 rings (SSSR count). The van der Waals surface area contributed by atoms with Crippen LogP contribution in [0.15, 0.2) is 36.4 Å². The van der Waals surface area contributed by atoms with Gasteiger partial charge < -0.3 is 20.1 Å².